The van der Waals surface area contributed by atoms with Crippen LogP contribution in [0.4, 0.5) is 0 Å². The number of unbranched alkanes of at least 4 members (excludes halogenated alkanes) is 6. The lowest BCUT2D eigenvalue weighted by Crippen LogP contribution is -2.10. The molecule has 79 heavy (non-hydrogen) atoms. The number of aryl methyl sites for hydroxylation is 1. The average Bonchev–Trinajstić information content (AvgIpc) is 4.41. The Balaban J connectivity index is 0.000000163. The molecule has 10 aromatic rings. The van der Waals surface area contributed by atoms with Crippen molar-refractivity contribution in [3.63, 3.8) is 0 Å². The second kappa shape index (κ2) is 27.3. The molecule has 0 spiro atoms. The highest BCUT2D eigenvalue weighted by atomic mass is 16.5. The van der Waals surface area contributed by atoms with Gasteiger partial charge in [-0.25, -0.2) is 4.98 Å². The number of hydrogen-bond donors (Lipinski definition) is 0. The Morgan fingerprint density at radius 3 is 1.34 bits per heavy atom. The first-order valence-electron chi connectivity index (χ1n) is 27.9. The molecule has 0 saturated heterocycles. The van der Waals surface area contributed by atoms with Crippen LogP contribution in [0.3, 0.4) is 0 Å². The fourth-order valence-corrected chi connectivity index (χ4v) is 8.94. The summed E-state index contributed by atoms with van der Waals surface area (Å²) < 4.78 is 17.2. The van der Waals surface area contributed by atoms with Crippen LogP contribution in [0.5, 0.6) is 11.5 Å². The molecule has 0 radical (unpaired) electrons. The van der Waals surface area contributed by atoms with E-state index >= 15 is 0 Å². The van der Waals surface area contributed by atoms with Crippen molar-refractivity contribution in [2.24, 2.45) is 0 Å². The van der Waals surface area contributed by atoms with E-state index in [9.17, 15) is 0 Å². The van der Waals surface area contributed by atoms with Crippen LogP contribution in [-0.2, 0) is 17.4 Å². The molecule has 10 nitrogen and oxygen atoms in total. The van der Waals surface area contributed by atoms with Gasteiger partial charge in [0, 0.05) is 16.7 Å². The molecule has 7 aromatic carbocycles. The molecule has 0 aliphatic heterocycles. The zero-order chi connectivity index (χ0) is 55.6. The van der Waals surface area contributed by atoms with Gasteiger partial charge in [-0.3, -0.25) is 0 Å². The minimum atomic E-state index is 0.130. The first-order chi connectivity index (χ1) is 38.3. The van der Waals surface area contributed by atoms with Gasteiger partial charge in [0.2, 0.25) is 5.89 Å². The van der Waals surface area contributed by atoms with Gasteiger partial charge in [-0.2, -0.15) is 19.8 Å². The minimum absolute atomic E-state index is 0.130. The predicted octanol–water partition coefficient (Wildman–Crippen LogP) is 18.1. The van der Waals surface area contributed by atoms with Crippen LogP contribution in [0.15, 0.2) is 200 Å². The average molecular weight is 1050 g/mol. The van der Waals surface area contributed by atoms with Gasteiger partial charge in [0.15, 0.2) is 5.58 Å². The van der Waals surface area contributed by atoms with Crippen molar-refractivity contribution in [3.8, 4) is 50.9 Å². The molecule has 0 fully saturated rings. The van der Waals surface area contributed by atoms with Crippen molar-refractivity contribution in [3.05, 3.63) is 207 Å². The molecule has 10 heteroatoms. The van der Waals surface area contributed by atoms with E-state index < -0.39 is 0 Å². The van der Waals surface area contributed by atoms with Crippen LogP contribution in [0.1, 0.15) is 110 Å². The predicted molar refractivity (Wildman–Crippen MR) is 327 cm³/mol. The number of aromatic nitrogens is 7. The van der Waals surface area contributed by atoms with E-state index in [0.717, 1.165) is 145 Å². The molecule has 0 N–H and O–H groups in total. The van der Waals surface area contributed by atoms with Gasteiger partial charge in [-0.15, -0.1) is 29.9 Å². The summed E-state index contributed by atoms with van der Waals surface area (Å²) in [5.74, 6) is 2.39. The van der Waals surface area contributed by atoms with Crippen molar-refractivity contribution in [1.82, 2.24) is 35.0 Å². The Kier molecular flexibility index (Phi) is 19.6. The molecule has 10 rings (SSSR count). The second-order valence-electron chi connectivity index (χ2n) is 21.8. The van der Waals surface area contributed by atoms with E-state index in [2.05, 4.69) is 137 Å². The number of para-hydroxylation sites is 2. The number of fused-ring (bicyclic) bond motifs is 3. The molecule has 0 unspecified atom stereocenters. The smallest absolute Gasteiger partial charge is 0.227 e. The molecule has 0 saturated carbocycles. The summed E-state index contributed by atoms with van der Waals surface area (Å²) in [6.45, 7) is 27.0. The van der Waals surface area contributed by atoms with Gasteiger partial charge in [-0.05, 0) is 164 Å². The molecule has 0 atom stereocenters. The van der Waals surface area contributed by atoms with Gasteiger partial charge in [0.25, 0.3) is 0 Å². The van der Waals surface area contributed by atoms with Crippen LogP contribution in [-0.4, -0.2) is 48.2 Å². The lowest BCUT2D eigenvalue weighted by Gasteiger charge is -2.19. The van der Waals surface area contributed by atoms with Crippen LogP contribution in [0, 0.1) is 0 Å². The quantitative estimate of drug-likeness (QED) is 0.0517. The van der Waals surface area contributed by atoms with Crippen LogP contribution in [0.25, 0.3) is 72.6 Å². The number of allylic oxidation sites excluding steroid dienone is 3. The van der Waals surface area contributed by atoms with E-state index in [1.54, 1.807) is 4.80 Å². The summed E-state index contributed by atoms with van der Waals surface area (Å²) in [6, 6.07) is 53.6. The minimum Gasteiger partial charge on any atom is -0.494 e. The second-order valence-corrected chi connectivity index (χ2v) is 21.8. The summed E-state index contributed by atoms with van der Waals surface area (Å²) >= 11 is 0. The maximum Gasteiger partial charge on any atom is 0.227 e. The van der Waals surface area contributed by atoms with Gasteiger partial charge in [0.1, 0.15) is 39.1 Å². The standard InChI is InChI=1S/C32H39N3.C19H19NO2.C18H19N3O/c1-8-9-10-11-22-35-33-29-27(23-12-16-25(17-13-23)31(2,3)4)20-21-28(30(29)34-35)24-14-18-26(19-15-24)32(5,6)7;1-2-3-4-7-14-21-16-12-10-15(11-13-16)19-20-17-8-5-6-9-18(17)22-19;1-2-3-4-7-14-22-16-12-10-15(11-13-16)21-19-17-8-5-6-9-18(17)20-21/h8,12-21H,1,9-11,22H2,2-7H3;2*2,5-6,8-13H,1,3-4,7,14H2. The monoisotopic (exact) mass is 1050 g/mol. The lowest BCUT2D eigenvalue weighted by molar-refractivity contribution is 0.307. The van der Waals surface area contributed by atoms with Gasteiger partial charge >= 0.3 is 0 Å². The molecule has 3 aromatic heterocycles. The number of benzene rings is 7. The Morgan fingerprint density at radius 1 is 0.456 bits per heavy atom. The zero-order valence-corrected chi connectivity index (χ0v) is 47.2. The van der Waals surface area contributed by atoms with Crippen molar-refractivity contribution in [1.29, 1.82) is 0 Å². The first-order valence-corrected chi connectivity index (χ1v) is 27.9. The Hall–Kier alpha value is -8.37. The molecule has 0 amide bonds. The lowest BCUT2D eigenvalue weighted by atomic mass is 9.85. The normalized spacial score (nSPS) is 11.4. The Morgan fingerprint density at radius 2 is 0.886 bits per heavy atom. The van der Waals surface area contributed by atoms with E-state index in [0.29, 0.717) is 5.89 Å². The van der Waals surface area contributed by atoms with E-state index in [4.69, 9.17) is 24.1 Å². The van der Waals surface area contributed by atoms with E-state index in [-0.39, 0.29) is 10.8 Å². The highest BCUT2D eigenvalue weighted by Crippen LogP contribution is 2.36. The van der Waals surface area contributed by atoms with Gasteiger partial charge in [0.05, 0.1) is 25.4 Å². The highest BCUT2D eigenvalue weighted by Gasteiger charge is 2.19. The zero-order valence-electron chi connectivity index (χ0n) is 47.2. The summed E-state index contributed by atoms with van der Waals surface area (Å²) in [6.07, 6.45) is 15.4. The molecule has 0 bridgehead atoms. The first kappa shape index (κ1) is 56.8. The van der Waals surface area contributed by atoms with Crippen molar-refractivity contribution >= 4 is 33.2 Å². The summed E-state index contributed by atoms with van der Waals surface area (Å²) in [4.78, 5) is 8.03. The maximum absolute atomic E-state index is 5.76. The van der Waals surface area contributed by atoms with Crippen molar-refractivity contribution < 1.29 is 13.9 Å². The molecule has 3 heterocycles. The van der Waals surface area contributed by atoms with Gasteiger partial charge in [-0.1, -0.05) is 145 Å². The fraction of sp³-hybridized carbons (Fsp3) is 0.290. The molecular weight excluding hydrogens is 975 g/mol. The molecule has 0 aliphatic rings. The number of nitrogens with zero attached hydrogens (tertiary/aromatic N) is 7. The van der Waals surface area contributed by atoms with E-state index in [1.165, 1.54) is 22.3 Å². The molecular formula is C69H77N7O3. The van der Waals surface area contributed by atoms with Gasteiger partial charge < -0.3 is 13.9 Å². The van der Waals surface area contributed by atoms with E-state index in [1.807, 2.05) is 120 Å². The SMILES string of the molecule is C=CCCCCOc1ccc(-c2nc3ccccc3o2)cc1.C=CCCCCOc1ccc(-n2nc3ccccc3n2)cc1.C=CCCCCn1nc2c(-c3ccc(C(C)(C)C)cc3)ccc(-c3ccc(C(C)(C)C)cc3)c2n1. The maximum atomic E-state index is 5.76. The third-order valence-electron chi connectivity index (χ3n) is 13.6. The Labute approximate surface area is 467 Å². The van der Waals surface area contributed by atoms with Crippen LogP contribution in [0.2, 0.25) is 0 Å². The molecule has 0 aliphatic carbocycles. The number of hydrogen-bond acceptors (Lipinski definition) is 8. The van der Waals surface area contributed by atoms with Crippen LogP contribution >= 0.6 is 0 Å². The summed E-state index contributed by atoms with van der Waals surface area (Å²) in [5, 5.41) is 18.9. The third kappa shape index (κ3) is 15.7. The summed E-state index contributed by atoms with van der Waals surface area (Å²) in [5.41, 5.74) is 14.8. The fourth-order valence-electron chi connectivity index (χ4n) is 8.94. The number of ether oxygens (including phenoxy) is 2. The number of rotatable bonds is 21. The highest BCUT2D eigenvalue weighted by molar-refractivity contribution is 6.00. The van der Waals surface area contributed by atoms with Crippen molar-refractivity contribution in [2.45, 2.75) is 117 Å². The Bertz CT molecular complexity index is 3230. The summed E-state index contributed by atoms with van der Waals surface area (Å²) in [7, 11) is 0. The topological polar surface area (TPSA) is 106 Å². The molecule has 406 valence electrons. The number of oxazole rings is 1. The third-order valence-corrected chi connectivity index (χ3v) is 13.6. The van der Waals surface area contributed by atoms with Crippen molar-refractivity contribution in [2.75, 3.05) is 13.2 Å². The largest absolute Gasteiger partial charge is 0.494 e. The van der Waals surface area contributed by atoms with Crippen LogP contribution < -0.4 is 9.47 Å².